The quantitative estimate of drug-likeness (QED) is 0.724. The fourth-order valence-corrected chi connectivity index (χ4v) is 1.88. The van der Waals surface area contributed by atoms with Gasteiger partial charge in [-0.15, -0.1) is 0 Å². The van der Waals surface area contributed by atoms with Gasteiger partial charge < -0.3 is 10.0 Å². The summed E-state index contributed by atoms with van der Waals surface area (Å²) in [6.45, 7) is 0.774. The van der Waals surface area contributed by atoms with Crippen molar-refractivity contribution in [2.24, 2.45) is 0 Å². The lowest BCUT2D eigenvalue weighted by molar-refractivity contribution is -0.230. The molecule has 1 rings (SSSR count). The Bertz CT molecular complexity index is 302. The van der Waals surface area contributed by atoms with Gasteiger partial charge in [-0.25, -0.2) is 4.79 Å². The van der Waals surface area contributed by atoms with Gasteiger partial charge in [0.1, 0.15) is 0 Å². The van der Waals surface area contributed by atoms with Crippen molar-refractivity contribution >= 4 is 11.9 Å². The SMILES string of the molecule is CC(=O)N1CCC[C@@]1(C(=O)O)C(F)(F)F. The average Bonchev–Trinajstić information content (AvgIpc) is 2.45. The van der Waals surface area contributed by atoms with Crippen LogP contribution in [0.4, 0.5) is 13.2 Å². The lowest BCUT2D eigenvalue weighted by atomic mass is 9.95. The van der Waals surface area contributed by atoms with Gasteiger partial charge in [-0.1, -0.05) is 0 Å². The highest BCUT2D eigenvalue weighted by atomic mass is 19.4. The molecule has 4 nitrogen and oxygen atoms in total. The first kappa shape index (κ1) is 11.8. The third-order valence-electron chi connectivity index (χ3n) is 2.58. The number of amides is 1. The molecule has 86 valence electrons. The molecule has 0 aromatic rings. The van der Waals surface area contributed by atoms with Crippen LogP contribution in [0.2, 0.25) is 0 Å². The van der Waals surface area contributed by atoms with E-state index in [1.165, 1.54) is 0 Å². The number of nitrogens with zero attached hydrogens (tertiary/aromatic N) is 1. The van der Waals surface area contributed by atoms with E-state index in [2.05, 4.69) is 0 Å². The molecule has 0 unspecified atom stereocenters. The maximum Gasteiger partial charge on any atom is 0.422 e. The zero-order chi connectivity index (χ0) is 11.9. The lowest BCUT2D eigenvalue weighted by Gasteiger charge is -2.35. The number of alkyl halides is 3. The molecular weight excluding hydrogens is 215 g/mol. The number of carboxylic acids is 1. The minimum absolute atomic E-state index is 0.0470. The summed E-state index contributed by atoms with van der Waals surface area (Å²) in [7, 11) is 0. The van der Waals surface area contributed by atoms with E-state index in [1.807, 2.05) is 0 Å². The molecule has 0 radical (unpaired) electrons. The van der Waals surface area contributed by atoms with Crippen LogP contribution in [0, 0.1) is 0 Å². The molecule has 0 aliphatic carbocycles. The predicted octanol–water partition coefficient (Wildman–Crippen LogP) is 1.01. The molecular formula is C8H10F3NO3. The van der Waals surface area contributed by atoms with Gasteiger partial charge in [-0.05, 0) is 12.8 Å². The maximum absolute atomic E-state index is 12.7. The van der Waals surface area contributed by atoms with Gasteiger partial charge in [-0.2, -0.15) is 13.2 Å². The summed E-state index contributed by atoms with van der Waals surface area (Å²) in [6, 6.07) is 0. The molecule has 0 aromatic heterocycles. The normalized spacial score (nSPS) is 26.8. The highest BCUT2D eigenvalue weighted by molar-refractivity contribution is 5.87. The molecule has 1 aliphatic rings. The number of carbonyl (C=O) groups is 2. The van der Waals surface area contributed by atoms with Gasteiger partial charge in [-0.3, -0.25) is 4.79 Å². The Morgan fingerprint density at radius 3 is 2.20 bits per heavy atom. The van der Waals surface area contributed by atoms with Crippen LogP contribution in [-0.4, -0.2) is 40.1 Å². The first-order valence-electron chi connectivity index (χ1n) is 4.32. The number of carbonyl (C=O) groups excluding carboxylic acids is 1. The van der Waals surface area contributed by atoms with Crippen LogP contribution in [0.1, 0.15) is 19.8 Å². The maximum atomic E-state index is 12.7. The van der Waals surface area contributed by atoms with Crippen LogP contribution in [0.5, 0.6) is 0 Å². The van der Waals surface area contributed by atoms with Crippen LogP contribution in [-0.2, 0) is 9.59 Å². The number of carboxylic acid groups (broad SMARTS) is 1. The van der Waals surface area contributed by atoms with Crippen LogP contribution in [0.25, 0.3) is 0 Å². The third-order valence-corrected chi connectivity index (χ3v) is 2.58. The zero-order valence-electron chi connectivity index (χ0n) is 7.97. The van der Waals surface area contributed by atoms with E-state index < -0.39 is 30.0 Å². The van der Waals surface area contributed by atoms with Gasteiger partial charge in [0.25, 0.3) is 0 Å². The van der Waals surface area contributed by atoms with Crippen LogP contribution in [0.15, 0.2) is 0 Å². The summed E-state index contributed by atoms with van der Waals surface area (Å²) in [5.74, 6) is -2.88. The Kier molecular flexibility index (Phi) is 2.67. The van der Waals surface area contributed by atoms with Gasteiger partial charge >= 0.3 is 12.1 Å². The Morgan fingerprint density at radius 1 is 1.40 bits per heavy atom. The first-order chi connectivity index (χ1) is 6.73. The molecule has 0 spiro atoms. The molecule has 1 aliphatic heterocycles. The van der Waals surface area contributed by atoms with Gasteiger partial charge in [0.05, 0.1) is 0 Å². The van der Waals surface area contributed by atoms with Gasteiger partial charge in [0, 0.05) is 13.5 Å². The highest BCUT2D eigenvalue weighted by Gasteiger charge is 2.67. The van der Waals surface area contributed by atoms with Crippen molar-refractivity contribution in [1.82, 2.24) is 4.90 Å². The van der Waals surface area contributed by atoms with Crippen molar-refractivity contribution in [3.8, 4) is 0 Å². The second kappa shape index (κ2) is 3.39. The Hall–Kier alpha value is -1.27. The molecule has 1 fully saturated rings. The van der Waals surface area contributed by atoms with E-state index in [9.17, 15) is 22.8 Å². The van der Waals surface area contributed by atoms with Crippen molar-refractivity contribution in [2.75, 3.05) is 6.54 Å². The monoisotopic (exact) mass is 225 g/mol. The number of likely N-dealkylation sites (tertiary alicyclic amines) is 1. The van der Waals surface area contributed by atoms with E-state index in [1.54, 1.807) is 0 Å². The molecule has 15 heavy (non-hydrogen) atoms. The van der Waals surface area contributed by atoms with E-state index in [0.29, 0.717) is 4.90 Å². The summed E-state index contributed by atoms with van der Waals surface area (Å²) in [4.78, 5) is 22.1. The van der Waals surface area contributed by atoms with Crippen molar-refractivity contribution in [3.05, 3.63) is 0 Å². The molecule has 0 bridgehead atoms. The largest absolute Gasteiger partial charge is 0.479 e. The van der Waals surface area contributed by atoms with Crippen LogP contribution < -0.4 is 0 Å². The van der Waals surface area contributed by atoms with E-state index >= 15 is 0 Å². The lowest BCUT2D eigenvalue weighted by Crippen LogP contribution is -2.61. The molecule has 0 aromatic carbocycles. The number of halogens is 3. The summed E-state index contributed by atoms with van der Waals surface area (Å²) in [6.07, 6.45) is -5.47. The summed E-state index contributed by atoms with van der Waals surface area (Å²) < 4.78 is 38.1. The summed E-state index contributed by atoms with van der Waals surface area (Å²) in [5, 5.41) is 8.70. The average molecular weight is 225 g/mol. The fourth-order valence-electron chi connectivity index (χ4n) is 1.88. The molecule has 1 N–H and O–H groups in total. The van der Waals surface area contributed by atoms with Crippen molar-refractivity contribution in [1.29, 1.82) is 0 Å². The number of hydrogen-bond acceptors (Lipinski definition) is 2. The molecule has 1 heterocycles. The van der Waals surface area contributed by atoms with Crippen LogP contribution in [0.3, 0.4) is 0 Å². The minimum Gasteiger partial charge on any atom is -0.479 e. The number of aliphatic carboxylic acids is 1. The van der Waals surface area contributed by atoms with Crippen molar-refractivity contribution < 1.29 is 27.9 Å². The third kappa shape index (κ3) is 1.55. The highest BCUT2D eigenvalue weighted by Crippen LogP contribution is 2.43. The fraction of sp³-hybridized carbons (Fsp3) is 0.750. The van der Waals surface area contributed by atoms with Crippen molar-refractivity contribution in [3.63, 3.8) is 0 Å². The van der Waals surface area contributed by atoms with Crippen LogP contribution >= 0.6 is 0 Å². The summed E-state index contributed by atoms with van der Waals surface area (Å²) in [5.41, 5.74) is -3.03. The second-order valence-electron chi connectivity index (χ2n) is 3.44. The molecule has 0 saturated carbocycles. The number of hydrogen-bond donors (Lipinski definition) is 1. The van der Waals surface area contributed by atoms with Gasteiger partial charge in [0.15, 0.2) is 0 Å². The summed E-state index contributed by atoms with van der Waals surface area (Å²) >= 11 is 0. The van der Waals surface area contributed by atoms with Crippen molar-refractivity contribution in [2.45, 2.75) is 31.5 Å². The molecule has 7 heteroatoms. The zero-order valence-corrected chi connectivity index (χ0v) is 7.97. The van der Waals surface area contributed by atoms with E-state index in [4.69, 9.17) is 5.11 Å². The molecule has 1 atom stereocenters. The topological polar surface area (TPSA) is 57.6 Å². The van der Waals surface area contributed by atoms with Gasteiger partial charge in [0.2, 0.25) is 11.4 Å². The predicted molar refractivity (Wildman–Crippen MR) is 43.0 cm³/mol. The first-order valence-corrected chi connectivity index (χ1v) is 4.32. The Morgan fingerprint density at radius 2 is 1.93 bits per heavy atom. The Labute approximate surface area is 83.7 Å². The molecule has 1 saturated heterocycles. The smallest absolute Gasteiger partial charge is 0.422 e. The standard InChI is InChI=1S/C8H10F3NO3/c1-5(13)12-4-2-3-7(12,6(14)15)8(9,10)11/h2-4H2,1H3,(H,14,15)/t7-/m1/s1. The Balaban J connectivity index is 3.22. The minimum atomic E-state index is -4.94. The number of rotatable bonds is 1. The second-order valence-corrected chi connectivity index (χ2v) is 3.44. The molecule has 1 amide bonds. The van der Waals surface area contributed by atoms with E-state index in [-0.39, 0.29) is 13.0 Å². The van der Waals surface area contributed by atoms with E-state index in [0.717, 1.165) is 6.92 Å².